The van der Waals surface area contributed by atoms with E-state index in [2.05, 4.69) is 11.4 Å². The van der Waals surface area contributed by atoms with Crippen LogP contribution in [0.25, 0.3) is 0 Å². The van der Waals surface area contributed by atoms with E-state index >= 15 is 0 Å². The molecule has 4 nitrogen and oxygen atoms in total. The van der Waals surface area contributed by atoms with Gasteiger partial charge >= 0.3 is 5.97 Å². The number of nitriles is 1. The Morgan fingerprint density at radius 1 is 1.30 bits per heavy atom. The minimum absolute atomic E-state index is 0.115. The summed E-state index contributed by atoms with van der Waals surface area (Å²) in [5, 5.41) is 13.4. The average Bonchev–Trinajstić information content (AvgIpc) is 2.75. The fourth-order valence-corrected chi connectivity index (χ4v) is 5.04. The second-order valence-corrected chi connectivity index (χ2v) is 10.8. The van der Waals surface area contributed by atoms with Crippen molar-refractivity contribution in [3.8, 4) is 6.07 Å². The number of hydrogen-bond donors (Lipinski definition) is 1. The number of allylic oxidation sites excluding steroid dienone is 3. The molecule has 1 heterocycles. The molecule has 0 aromatic heterocycles. The Hall–Kier alpha value is -1.38. The fourth-order valence-electron chi connectivity index (χ4n) is 3.33. The van der Waals surface area contributed by atoms with E-state index in [1.54, 1.807) is 30.0 Å². The second-order valence-electron chi connectivity index (χ2n) is 8.50. The van der Waals surface area contributed by atoms with Crippen LogP contribution in [0, 0.1) is 17.2 Å². The molecule has 0 radical (unpaired) electrons. The zero-order valence-corrected chi connectivity index (χ0v) is 18.3. The molecule has 2 aliphatic rings. The summed E-state index contributed by atoms with van der Waals surface area (Å²) in [6, 6.07) is 2.38. The normalized spacial score (nSPS) is 23.8. The van der Waals surface area contributed by atoms with E-state index in [4.69, 9.17) is 16.3 Å². The molecule has 1 aliphatic carbocycles. The van der Waals surface area contributed by atoms with Crippen molar-refractivity contribution < 1.29 is 9.53 Å². The standard InChI is InChI=1S/C21H29ClN2O2S/c1-20(2,3)26-19(25)15-10-8-12-17(22)24-18(15)14-9-6-7-11-16(14)27-21(4,5)13-23/h8,10,12,14,16,24H,6-7,9,11H2,1-5H3. The van der Waals surface area contributed by atoms with Crippen LogP contribution in [0.3, 0.4) is 0 Å². The van der Waals surface area contributed by atoms with Crippen LogP contribution >= 0.6 is 23.4 Å². The fraction of sp³-hybridized carbons (Fsp3) is 0.619. The number of nitrogens with one attached hydrogen (secondary N) is 1. The van der Waals surface area contributed by atoms with E-state index in [0.717, 1.165) is 31.4 Å². The Bertz CT molecular complexity index is 711. The Morgan fingerprint density at radius 2 is 1.96 bits per heavy atom. The molecule has 0 saturated heterocycles. The molecular formula is C21H29ClN2O2S. The first-order chi connectivity index (χ1) is 12.5. The highest BCUT2D eigenvalue weighted by atomic mass is 35.5. The Morgan fingerprint density at radius 3 is 2.59 bits per heavy atom. The lowest BCUT2D eigenvalue weighted by Crippen LogP contribution is -2.35. The van der Waals surface area contributed by atoms with Crippen LogP contribution in [0.15, 0.2) is 34.7 Å². The van der Waals surface area contributed by atoms with Gasteiger partial charge in [-0.2, -0.15) is 5.26 Å². The van der Waals surface area contributed by atoms with E-state index in [1.165, 1.54) is 0 Å². The summed E-state index contributed by atoms with van der Waals surface area (Å²) < 4.78 is 5.15. The third kappa shape index (κ3) is 6.33. The molecule has 27 heavy (non-hydrogen) atoms. The molecule has 1 N–H and O–H groups in total. The molecule has 0 amide bonds. The molecule has 148 valence electrons. The Kier molecular flexibility index (Phi) is 7.10. The molecule has 2 rings (SSSR count). The maximum Gasteiger partial charge on any atom is 0.340 e. The summed E-state index contributed by atoms with van der Waals surface area (Å²) in [6.45, 7) is 9.47. The van der Waals surface area contributed by atoms with Gasteiger partial charge in [0.05, 0.1) is 16.4 Å². The van der Waals surface area contributed by atoms with Crippen molar-refractivity contribution in [2.75, 3.05) is 0 Å². The quantitative estimate of drug-likeness (QED) is 0.497. The van der Waals surface area contributed by atoms with Crippen molar-refractivity contribution >= 4 is 29.3 Å². The smallest absolute Gasteiger partial charge is 0.340 e. The molecule has 0 bridgehead atoms. The first-order valence-electron chi connectivity index (χ1n) is 9.40. The van der Waals surface area contributed by atoms with Gasteiger partial charge in [0, 0.05) is 16.9 Å². The molecule has 0 aromatic rings. The monoisotopic (exact) mass is 408 g/mol. The third-order valence-corrected chi connectivity index (χ3v) is 6.23. The van der Waals surface area contributed by atoms with Crippen molar-refractivity contribution in [1.82, 2.24) is 5.32 Å². The number of nitrogens with zero attached hydrogens (tertiary/aromatic N) is 1. The van der Waals surface area contributed by atoms with Crippen molar-refractivity contribution in [2.24, 2.45) is 5.92 Å². The van der Waals surface area contributed by atoms with Crippen molar-refractivity contribution in [3.63, 3.8) is 0 Å². The van der Waals surface area contributed by atoms with Gasteiger partial charge in [-0.1, -0.05) is 30.5 Å². The van der Waals surface area contributed by atoms with Crippen LogP contribution in [0.2, 0.25) is 0 Å². The zero-order valence-electron chi connectivity index (χ0n) is 16.8. The predicted molar refractivity (Wildman–Crippen MR) is 112 cm³/mol. The molecular weight excluding hydrogens is 380 g/mol. The SMILES string of the molecule is CC(C)(C)OC(=O)C1=C(C2CCCCC2SC(C)(C)C#N)NC(Cl)=CC=C1. The van der Waals surface area contributed by atoms with Crippen molar-refractivity contribution in [3.05, 3.63) is 34.7 Å². The lowest BCUT2D eigenvalue weighted by atomic mass is 9.84. The second kappa shape index (κ2) is 8.75. The first kappa shape index (κ1) is 21.9. The Balaban J connectivity index is 2.42. The zero-order chi connectivity index (χ0) is 20.2. The Labute approximate surface area is 172 Å². The van der Waals surface area contributed by atoms with E-state index in [9.17, 15) is 10.1 Å². The highest BCUT2D eigenvalue weighted by molar-refractivity contribution is 8.01. The maximum absolute atomic E-state index is 12.9. The topological polar surface area (TPSA) is 62.1 Å². The summed E-state index contributed by atoms with van der Waals surface area (Å²) in [5.41, 5.74) is 0.755. The summed E-state index contributed by atoms with van der Waals surface area (Å²) in [4.78, 5) is 12.9. The largest absolute Gasteiger partial charge is 0.456 e. The molecule has 0 spiro atoms. The van der Waals surface area contributed by atoms with Gasteiger partial charge in [-0.3, -0.25) is 0 Å². The van der Waals surface area contributed by atoms with E-state index in [-0.39, 0.29) is 17.1 Å². The molecule has 1 fully saturated rings. The third-order valence-electron chi connectivity index (χ3n) is 4.46. The van der Waals surface area contributed by atoms with Gasteiger partial charge in [0.15, 0.2) is 0 Å². The van der Waals surface area contributed by atoms with E-state index in [0.29, 0.717) is 10.7 Å². The van der Waals surface area contributed by atoms with Gasteiger partial charge in [-0.05, 0) is 59.6 Å². The summed E-state index contributed by atoms with van der Waals surface area (Å²) >= 11 is 7.99. The summed E-state index contributed by atoms with van der Waals surface area (Å²) in [6.07, 6.45) is 9.47. The van der Waals surface area contributed by atoms with Gasteiger partial charge in [0.25, 0.3) is 0 Å². The minimum atomic E-state index is -0.573. The molecule has 2 atom stereocenters. The summed E-state index contributed by atoms with van der Waals surface area (Å²) in [7, 11) is 0. The molecule has 2 unspecified atom stereocenters. The molecule has 0 aromatic carbocycles. The van der Waals surface area contributed by atoms with E-state index < -0.39 is 10.3 Å². The number of rotatable bonds is 4. The van der Waals surface area contributed by atoms with Crippen LogP contribution in [0.4, 0.5) is 0 Å². The molecule has 1 saturated carbocycles. The van der Waals surface area contributed by atoms with Gasteiger partial charge in [-0.15, -0.1) is 11.8 Å². The number of thioether (sulfide) groups is 1. The molecule has 6 heteroatoms. The highest BCUT2D eigenvalue weighted by Gasteiger charge is 2.36. The number of esters is 1. The van der Waals surface area contributed by atoms with Crippen LogP contribution < -0.4 is 5.32 Å². The minimum Gasteiger partial charge on any atom is -0.456 e. The van der Waals surface area contributed by atoms with Gasteiger partial charge in [0.2, 0.25) is 0 Å². The van der Waals surface area contributed by atoms with Crippen LogP contribution in [0.1, 0.15) is 60.3 Å². The number of hydrogen-bond acceptors (Lipinski definition) is 5. The number of carbonyl (C=O) groups excluding carboxylic acids is 1. The van der Waals surface area contributed by atoms with Gasteiger partial charge in [0.1, 0.15) is 10.8 Å². The highest BCUT2D eigenvalue weighted by Crippen LogP contribution is 2.43. The van der Waals surface area contributed by atoms with Crippen LogP contribution in [-0.2, 0) is 9.53 Å². The van der Waals surface area contributed by atoms with Crippen molar-refractivity contribution in [1.29, 1.82) is 5.26 Å². The lowest BCUT2D eigenvalue weighted by Gasteiger charge is -2.36. The van der Waals surface area contributed by atoms with Crippen LogP contribution in [-0.4, -0.2) is 21.6 Å². The van der Waals surface area contributed by atoms with Crippen LogP contribution in [0.5, 0.6) is 0 Å². The lowest BCUT2D eigenvalue weighted by molar-refractivity contribution is -0.149. The molecule has 1 aliphatic heterocycles. The first-order valence-corrected chi connectivity index (χ1v) is 10.7. The van der Waals surface area contributed by atoms with Gasteiger partial charge in [-0.25, -0.2) is 4.79 Å². The van der Waals surface area contributed by atoms with E-state index in [1.807, 2.05) is 34.6 Å². The number of halogens is 1. The number of carbonyl (C=O) groups is 1. The predicted octanol–water partition coefficient (Wildman–Crippen LogP) is 5.42. The van der Waals surface area contributed by atoms with Crippen molar-refractivity contribution in [2.45, 2.75) is 75.9 Å². The maximum atomic E-state index is 12.9. The summed E-state index contributed by atoms with van der Waals surface area (Å²) in [5.74, 6) is -0.237. The number of ether oxygens (including phenoxy) is 1. The van der Waals surface area contributed by atoms with Gasteiger partial charge < -0.3 is 10.1 Å². The average molecular weight is 409 g/mol.